The molecule has 3 aliphatic heterocycles. The predicted octanol–water partition coefficient (Wildman–Crippen LogP) is 6.36. The van der Waals surface area contributed by atoms with Gasteiger partial charge in [0.15, 0.2) is 0 Å². The van der Waals surface area contributed by atoms with Gasteiger partial charge in [-0.3, -0.25) is 0 Å². The number of nitrogens with zero attached hydrogens (tertiary/aromatic N) is 3. The van der Waals surface area contributed by atoms with Crippen molar-refractivity contribution in [3.05, 3.63) is 108 Å². The third-order valence-corrected chi connectivity index (χ3v) is 8.12. The van der Waals surface area contributed by atoms with E-state index in [-0.39, 0.29) is 18.1 Å². The van der Waals surface area contributed by atoms with E-state index in [0.29, 0.717) is 6.04 Å². The Morgan fingerprint density at radius 2 is 1.85 bits per heavy atom. The van der Waals surface area contributed by atoms with Crippen LogP contribution in [0.1, 0.15) is 48.9 Å². The summed E-state index contributed by atoms with van der Waals surface area (Å²) in [5, 5.41) is 0. The van der Waals surface area contributed by atoms with E-state index in [1.54, 1.807) is 0 Å². The Bertz CT molecular complexity index is 1220. The maximum absolute atomic E-state index is 6.16. The third-order valence-electron chi connectivity index (χ3n) is 8.12. The van der Waals surface area contributed by atoms with Gasteiger partial charge < -0.3 is 19.4 Å². The second kappa shape index (κ2) is 7.83. The minimum atomic E-state index is 0.245. The molecule has 0 fully saturated rings. The van der Waals surface area contributed by atoms with Crippen LogP contribution in [0.15, 0.2) is 96.6 Å². The van der Waals surface area contributed by atoms with Crippen molar-refractivity contribution in [2.75, 3.05) is 18.6 Å². The Labute approximate surface area is 202 Å². The molecule has 0 amide bonds. The zero-order valence-corrected chi connectivity index (χ0v) is 19.7. The predicted molar refractivity (Wildman–Crippen MR) is 137 cm³/mol. The van der Waals surface area contributed by atoms with Crippen LogP contribution in [0.2, 0.25) is 0 Å². The molecular weight excluding hydrogens is 418 g/mol. The Kier molecular flexibility index (Phi) is 4.61. The van der Waals surface area contributed by atoms with Gasteiger partial charge in [-0.25, -0.2) is 0 Å². The van der Waals surface area contributed by atoms with Crippen LogP contribution in [0.25, 0.3) is 0 Å². The van der Waals surface area contributed by atoms with Gasteiger partial charge in [0.1, 0.15) is 11.9 Å². The third kappa shape index (κ3) is 2.97. The van der Waals surface area contributed by atoms with Crippen molar-refractivity contribution in [2.45, 2.75) is 49.9 Å². The number of para-hydroxylation sites is 1. The SMILES string of the molecule is CN1C=CN(C2C=CCCC2)C1c1ccc(N2c3ccccc3C3C4=C(C=CC32)CCO4)cc1. The summed E-state index contributed by atoms with van der Waals surface area (Å²) >= 11 is 0. The molecule has 34 heavy (non-hydrogen) atoms. The fourth-order valence-corrected chi connectivity index (χ4v) is 6.53. The molecule has 2 aromatic rings. The van der Waals surface area contributed by atoms with Crippen LogP contribution in [-0.4, -0.2) is 35.5 Å². The summed E-state index contributed by atoms with van der Waals surface area (Å²) in [6, 6.07) is 18.9. The molecular formula is C30H31N3O. The van der Waals surface area contributed by atoms with E-state index in [1.165, 1.54) is 53.1 Å². The summed E-state index contributed by atoms with van der Waals surface area (Å²) in [6.07, 6.45) is 18.9. The quantitative estimate of drug-likeness (QED) is 0.508. The summed E-state index contributed by atoms with van der Waals surface area (Å²) in [5.41, 5.74) is 6.63. The second-order valence-corrected chi connectivity index (χ2v) is 10.0. The Morgan fingerprint density at radius 1 is 0.971 bits per heavy atom. The van der Waals surface area contributed by atoms with Crippen molar-refractivity contribution < 1.29 is 4.74 Å². The molecule has 4 heteroatoms. The fraction of sp³-hybridized carbons (Fsp3) is 0.333. The number of anilines is 2. The number of allylic oxidation sites excluding steroid dienone is 2. The van der Waals surface area contributed by atoms with Gasteiger partial charge in [-0.1, -0.05) is 54.6 Å². The van der Waals surface area contributed by atoms with Crippen LogP contribution in [0.3, 0.4) is 0 Å². The van der Waals surface area contributed by atoms with Crippen LogP contribution in [-0.2, 0) is 4.74 Å². The summed E-state index contributed by atoms with van der Waals surface area (Å²) in [5.74, 6) is 1.48. The molecule has 7 rings (SSSR count). The minimum absolute atomic E-state index is 0.245. The molecule has 3 heterocycles. The van der Waals surface area contributed by atoms with Crippen LogP contribution >= 0.6 is 0 Å². The van der Waals surface area contributed by atoms with Crippen molar-refractivity contribution in [2.24, 2.45) is 0 Å². The van der Waals surface area contributed by atoms with E-state index in [2.05, 4.69) is 107 Å². The van der Waals surface area contributed by atoms with Crippen molar-refractivity contribution in [3.8, 4) is 0 Å². The van der Waals surface area contributed by atoms with Gasteiger partial charge in [0.05, 0.1) is 18.6 Å². The molecule has 0 spiro atoms. The molecule has 4 atom stereocenters. The molecule has 0 saturated heterocycles. The molecule has 4 nitrogen and oxygen atoms in total. The van der Waals surface area contributed by atoms with Gasteiger partial charge in [0.2, 0.25) is 0 Å². The lowest BCUT2D eigenvalue weighted by atomic mass is 9.86. The van der Waals surface area contributed by atoms with Crippen molar-refractivity contribution in [1.82, 2.24) is 9.80 Å². The molecule has 172 valence electrons. The average Bonchev–Trinajstić information content (AvgIpc) is 3.59. The van der Waals surface area contributed by atoms with E-state index >= 15 is 0 Å². The number of ether oxygens (including phenoxy) is 1. The van der Waals surface area contributed by atoms with Gasteiger partial charge in [-0.2, -0.15) is 0 Å². The lowest BCUT2D eigenvalue weighted by Gasteiger charge is -2.37. The molecule has 4 unspecified atom stereocenters. The highest BCUT2D eigenvalue weighted by molar-refractivity contribution is 5.76. The van der Waals surface area contributed by atoms with Gasteiger partial charge >= 0.3 is 0 Å². The number of fused-ring (bicyclic) bond motifs is 4. The molecule has 0 saturated carbocycles. The summed E-state index contributed by atoms with van der Waals surface area (Å²) in [4.78, 5) is 7.35. The molecule has 2 aliphatic carbocycles. The monoisotopic (exact) mass is 449 g/mol. The second-order valence-electron chi connectivity index (χ2n) is 10.0. The van der Waals surface area contributed by atoms with Crippen LogP contribution in [0, 0.1) is 0 Å². The standard InChI is InChI=1S/C30H31N3O/c1-31-18-19-32(23-7-3-2-4-8-23)30(31)22-11-14-24(15-12-22)33-26-10-6-5-9-25(26)28-27(33)16-13-21-17-20-34-29(21)28/h3,5-7,9-16,18-19,23,27-28,30H,2,4,8,17,20H2,1H3. The Hall–Kier alpha value is -3.40. The zero-order valence-electron chi connectivity index (χ0n) is 19.7. The van der Waals surface area contributed by atoms with E-state index < -0.39 is 0 Å². The van der Waals surface area contributed by atoms with Gasteiger partial charge in [0, 0.05) is 43.3 Å². The fourth-order valence-electron chi connectivity index (χ4n) is 6.53. The van der Waals surface area contributed by atoms with Crippen molar-refractivity contribution >= 4 is 11.4 Å². The highest BCUT2D eigenvalue weighted by Gasteiger charge is 2.44. The lowest BCUT2D eigenvalue weighted by molar-refractivity contribution is 0.144. The first kappa shape index (κ1) is 20.0. The molecule has 0 radical (unpaired) electrons. The summed E-state index contributed by atoms with van der Waals surface area (Å²) in [6.45, 7) is 0.810. The lowest BCUT2D eigenvalue weighted by Crippen LogP contribution is -2.36. The van der Waals surface area contributed by atoms with Gasteiger partial charge in [0.25, 0.3) is 0 Å². The largest absolute Gasteiger partial charge is 0.497 e. The van der Waals surface area contributed by atoms with Gasteiger partial charge in [-0.15, -0.1) is 0 Å². The first-order valence-corrected chi connectivity index (χ1v) is 12.7. The smallest absolute Gasteiger partial charge is 0.127 e. The molecule has 5 aliphatic rings. The van der Waals surface area contributed by atoms with Crippen LogP contribution < -0.4 is 4.90 Å². The highest BCUT2D eigenvalue weighted by Crippen LogP contribution is 2.52. The first-order valence-electron chi connectivity index (χ1n) is 12.7. The Morgan fingerprint density at radius 3 is 2.71 bits per heavy atom. The number of hydrogen-bond acceptors (Lipinski definition) is 4. The number of benzene rings is 2. The van der Waals surface area contributed by atoms with E-state index in [9.17, 15) is 0 Å². The average molecular weight is 450 g/mol. The van der Waals surface area contributed by atoms with Crippen LogP contribution in [0.4, 0.5) is 11.4 Å². The summed E-state index contributed by atoms with van der Waals surface area (Å²) in [7, 11) is 2.18. The maximum Gasteiger partial charge on any atom is 0.127 e. The molecule has 0 N–H and O–H groups in total. The van der Waals surface area contributed by atoms with E-state index in [0.717, 1.165) is 13.0 Å². The summed E-state index contributed by atoms with van der Waals surface area (Å²) < 4.78 is 6.16. The molecule has 0 bridgehead atoms. The molecule has 2 aromatic carbocycles. The highest BCUT2D eigenvalue weighted by atomic mass is 16.5. The van der Waals surface area contributed by atoms with E-state index in [1.807, 2.05) is 0 Å². The Balaban J connectivity index is 1.22. The normalized spacial score (nSPS) is 28.9. The van der Waals surface area contributed by atoms with Crippen molar-refractivity contribution in [1.29, 1.82) is 0 Å². The topological polar surface area (TPSA) is 19.0 Å². The number of hydrogen-bond donors (Lipinski definition) is 0. The van der Waals surface area contributed by atoms with E-state index in [4.69, 9.17) is 4.74 Å². The van der Waals surface area contributed by atoms with Crippen LogP contribution in [0.5, 0.6) is 0 Å². The van der Waals surface area contributed by atoms with Gasteiger partial charge in [-0.05, 0) is 54.2 Å². The first-order chi connectivity index (χ1) is 16.8. The zero-order chi connectivity index (χ0) is 22.6. The van der Waals surface area contributed by atoms with Crippen molar-refractivity contribution in [3.63, 3.8) is 0 Å². The number of rotatable bonds is 3. The minimum Gasteiger partial charge on any atom is -0.497 e. The maximum atomic E-state index is 6.16. The molecule has 0 aromatic heterocycles.